The molecule has 0 spiro atoms. The van der Waals surface area contributed by atoms with Crippen molar-refractivity contribution in [1.82, 2.24) is 4.90 Å². The van der Waals surface area contributed by atoms with E-state index in [1.165, 1.54) is 19.4 Å². The average molecular weight is 162 g/mol. The van der Waals surface area contributed by atoms with Crippen LogP contribution in [0.4, 0.5) is 0 Å². The molecule has 0 aromatic rings. The first-order valence-corrected chi connectivity index (χ1v) is 4.50. The fourth-order valence-corrected chi connectivity index (χ4v) is 2.10. The number of halogens is 1. The largest absolute Gasteiger partial charge is 0.305 e. The van der Waals surface area contributed by atoms with Gasteiger partial charge in [-0.15, -0.1) is 11.6 Å². The van der Waals surface area contributed by atoms with E-state index in [-0.39, 0.29) is 0 Å². The summed E-state index contributed by atoms with van der Waals surface area (Å²) in [5.74, 6) is 0.762. The molecule has 0 aromatic carbocycles. The van der Waals surface area contributed by atoms with Crippen molar-refractivity contribution in [2.45, 2.75) is 25.1 Å². The first-order valence-electron chi connectivity index (χ1n) is 4.06. The summed E-state index contributed by atoms with van der Waals surface area (Å²) >= 11 is 6.14. The van der Waals surface area contributed by atoms with Crippen LogP contribution < -0.4 is 0 Å². The Balaban J connectivity index is 2.36. The Hall–Kier alpha value is 0.250. The summed E-state index contributed by atoms with van der Waals surface area (Å²) in [5.41, 5.74) is 0. The molecule has 2 unspecified atom stereocenters. The highest BCUT2D eigenvalue weighted by Crippen LogP contribution is 2.23. The van der Waals surface area contributed by atoms with Crippen molar-refractivity contribution in [2.24, 2.45) is 5.92 Å². The molecule has 0 aliphatic carbocycles. The van der Waals surface area contributed by atoms with Gasteiger partial charge in [0, 0.05) is 11.9 Å². The predicted octanol–water partition coefficient (Wildman–Crippen LogP) is 1.96. The number of alkyl halides is 1. The lowest BCUT2D eigenvalue weighted by atomic mass is 9.94. The Morgan fingerprint density at radius 2 is 2.30 bits per heavy atom. The maximum Gasteiger partial charge on any atom is 0.0491 e. The Labute approximate surface area is 68.4 Å². The molecule has 1 aliphatic rings. The van der Waals surface area contributed by atoms with Gasteiger partial charge in [-0.25, -0.2) is 0 Å². The minimum Gasteiger partial charge on any atom is -0.305 e. The molecule has 0 saturated carbocycles. The van der Waals surface area contributed by atoms with Crippen LogP contribution in [0.15, 0.2) is 0 Å². The Morgan fingerprint density at radius 3 is 2.80 bits per heavy atom. The molecular formula is C8H16ClN. The Kier molecular flexibility index (Phi) is 2.99. The van der Waals surface area contributed by atoms with Crippen LogP contribution in [0.25, 0.3) is 0 Å². The summed E-state index contributed by atoms with van der Waals surface area (Å²) in [6.45, 7) is 4.52. The van der Waals surface area contributed by atoms with E-state index in [0.717, 1.165) is 12.5 Å². The zero-order valence-electron chi connectivity index (χ0n) is 6.81. The lowest BCUT2D eigenvalue weighted by Gasteiger charge is -2.32. The molecule has 1 fully saturated rings. The minimum absolute atomic E-state index is 0.392. The fourth-order valence-electron chi connectivity index (χ4n) is 1.57. The van der Waals surface area contributed by atoms with Gasteiger partial charge in [0.2, 0.25) is 0 Å². The van der Waals surface area contributed by atoms with E-state index in [1.54, 1.807) is 0 Å². The van der Waals surface area contributed by atoms with Gasteiger partial charge >= 0.3 is 0 Å². The molecule has 2 atom stereocenters. The summed E-state index contributed by atoms with van der Waals surface area (Å²) < 4.78 is 0. The van der Waals surface area contributed by atoms with Gasteiger partial charge in [-0.1, -0.05) is 13.3 Å². The second-order valence-electron chi connectivity index (χ2n) is 3.24. The van der Waals surface area contributed by atoms with Crippen molar-refractivity contribution in [1.29, 1.82) is 0 Å². The van der Waals surface area contributed by atoms with Crippen LogP contribution in [0.2, 0.25) is 0 Å². The SMILES string of the molecule is CCC1CCN(C)CC1Cl. The third kappa shape index (κ3) is 1.86. The fraction of sp³-hybridized carbons (Fsp3) is 1.00. The molecule has 2 heteroatoms. The van der Waals surface area contributed by atoms with Crippen molar-refractivity contribution >= 4 is 11.6 Å². The number of piperidine rings is 1. The maximum absolute atomic E-state index is 6.14. The Morgan fingerprint density at radius 1 is 1.60 bits per heavy atom. The second kappa shape index (κ2) is 3.59. The third-order valence-corrected chi connectivity index (χ3v) is 2.90. The van der Waals surface area contributed by atoms with Gasteiger partial charge < -0.3 is 4.90 Å². The highest BCUT2D eigenvalue weighted by atomic mass is 35.5. The van der Waals surface area contributed by atoms with Gasteiger partial charge in [-0.2, -0.15) is 0 Å². The molecule has 1 rings (SSSR count). The zero-order valence-corrected chi connectivity index (χ0v) is 7.56. The van der Waals surface area contributed by atoms with Crippen LogP contribution in [0.5, 0.6) is 0 Å². The van der Waals surface area contributed by atoms with E-state index in [9.17, 15) is 0 Å². The van der Waals surface area contributed by atoms with Gasteiger partial charge in [0.25, 0.3) is 0 Å². The van der Waals surface area contributed by atoms with E-state index in [2.05, 4.69) is 18.9 Å². The molecular weight excluding hydrogens is 146 g/mol. The first kappa shape index (κ1) is 8.35. The molecule has 1 heterocycles. The highest BCUT2D eigenvalue weighted by molar-refractivity contribution is 6.21. The van der Waals surface area contributed by atoms with Crippen LogP contribution in [-0.4, -0.2) is 30.4 Å². The standard InChI is InChI=1S/C8H16ClN/c1-3-7-4-5-10(2)6-8(7)9/h7-8H,3-6H2,1-2H3. The van der Waals surface area contributed by atoms with Crippen LogP contribution in [0, 0.1) is 5.92 Å². The predicted molar refractivity (Wildman–Crippen MR) is 45.5 cm³/mol. The van der Waals surface area contributed by atoms with E-state index in [1.807, 2.05) is 0 Å². The molecule has 1 saturated heterocycles. The molecule has 0 radical (unpaired) electrons. The number of hydrogen-bond acceptors (Lipinski definition) is 1. The van der Waals surface area contributed by atoms with Crippen molar-refractivity contribution in [2.75, 3.05) is 20.1 Å². The molecule has 10 heavy (non-hydrogen) atoms. The van der Waals surface area contributed by atoms with Crippen LogP contribution >= 0.6 is 11.6 Å². The number of hydrogen-bond donors (Lipinski definition) is 0. The summed E-state index contributed by atoms with van der Waals surface area (Å²) in [5, 5.41) is 0.392. The molecule has 0 aromatic heterocycles. The smallest absolute Gasteiger partial charge is 0.0491 e. The minimum atomic E-state index is 0.392. The molecule has 0 amide bonds. The van der Waals surface area contributed by atoms with E-state index < -0.39 is 0 Å². The van der Waals surface area contributed by atoms with Crippen molar-refractivity contribution in [3.8, 4) is 0 Å². The van der Waals surface area contributed by atoms with Gasteiger partial charge in [0.05, 0.1) is 0 Å². The van der Waals surface area contributed by atoms with Crippen LogP contribution in [0.3, 0.4) is 0 Å². The molecule has 1 nitrogen and oxygen atoms in total. The Bertz CT molecular complexity index is 105. The lowest BCUT2D eigenvalue weighted by molar-refractivity contribution is 0.221. The summed E-state index contributed by atoms with van der Waals surface area (Å²) in [6.07, 6.45) is 2.52. The number of likely N-dealkylation sites (tertiary alicyclic amines) is 1. The molecule has 1 aliphatic heterocycles. The van der Waals surface area contributed by atoms with Gasteiger partial charge in [0.1, 0.15) is 0 Å². The lowest BCUT2D eigenvalue weighted by Crippen LogP contribution is -2.38. The molecule has 60 valence electrons. The van der Waals surface area contributed by atoms with E-state index >= 15 is 0 Å². The summed E-state index contributed by atoms with van der Waals surface area (Å²) in [6, 6.07) is 0. The van der Waals surface area contributed by atoms with Gasteiger partial charge in [0.15, 0.2) is 0 Å². The average Bonchev–Trinajstić information content (AvgIpc) is 1.88. The number of rotatable bonds is 1. The summed E-state index contributed by atoms with van der Waals surface area (Å²) in [4.78, 5) is 2.31. The van der Waals surface area contributed by atoms with Crippen LogP contribution in [0.1, 0.15) is 19.8 Å². The molecule has 0 N–H and O–H groups in total. The third-order valence-electron chi connectivity index (χ3n) is 2.40. The second-order valence-corrected chi connectivity index (χ2v) is 3.80. The maximum atomic E-state index is 6.14. The molecule has 0 bridgehead atoms. The van der Waals surface area contributed by atoms with E-state index in [0.29, 0.717) is 5.38 Å². The van der Waals surface area contributed by atoms with E-state index in [4.69, 9.17) is 11.6 Å². The van der Waals surface area contributed by atoms with Crippen LogP contribution in [-0.2, 0) is 0 Å². The highest BCUT2D eigenvalue weighted by Gasteiger charge is 2.23. The first-order chi connectivity index (χ1) is 4.74. The van der Waals surface area contributed by atoms with Crippen molar-refractivity contribution in [3.05, 3.63) is 0 Å². The number of nitrogens with zero attached hydrogens (tertiary/aromatic N) is 1. The van der Waals surface area contributed by atoms with Gasteiger partial charge in [-0.05, 0) is 25.9 Å². The normalized spacial score (nSPS) is 36.3. The van der Waals surface area contributed by atoms with Gasteiger partial charge in [-0.3, -0.25) is 0 Å². The van der Waals surface area contributed by atoms with Crippen molar-refractivity contribution < 1.29 is 0 Å². The topological polar surface area (TPSA) is 3.24 Å². The zero-order chi connectivity index (χ0) is 7.56. The quantitative estimate of drug-likeness (QED) is 0.532. The van der Waals surface area contributed by atoms with Crippen molar-refractivity contribution in [3.63, 3.8) is 0 Å². The monoisotopic (exact) mass is 161 g/mol. The summed E-state index contributed by atoms with van der Waals surface area (Å²) in [7, 11) is 2.14.